The van der Waals surface area contributed by atoms with Crippen LogP contribution in [0.5, 0.6) is 11.6 Å². The Kier molecular flexibility index (Phi) is 3.75. The summed E-state index contributed by atoms with van der Waals surface area (Å²) in [7, 11) is 0. The van der Waals surface area contributed by atoms with E-state index in [0.717, 1.165) is 0 Å². The van der Waals surface area contributed by atoms with Gasteiger partial charge in [-0.25, -0.2) is 14.2 Å². The van der Waals surface area contributed by atoms with E-state index in [1.165, 1.54) is 30.3 Å². The molecule has 0 bridgehead atoms. The maximum absolute atomic E-state index is 13.0. The van der Waals surface area contributed by atoms with Crippen molar-refractivity contribution < 1.29 is 19.0 Å². The first-order valence-corrected chi connectivity index (χ1v) is 5.76. The Balaban J connectivity index is 2.34. The summed E-state index contributed by atoms with van der Waals surface area (Å²) in [6.07, 6.45) is 0.584. The molecule has 2 rings (SSSR count). The van der Waals surface area contributed by atoms with E-state index in [9.17, 15) is 9.18 Å². The van der Waals surface area contributed by atoms with E-state index in [0.29, 0.717) is 12.1 Å². The van der Waals surface area contributed by atoms with Crippen LogP contribution in [0.2, 0.25) is 0 Å². The molecule has 4 nitrogen and oxygen atoms in total. The van der Waals surface area contributed by atoms with Crippen LogP contribution in [0, 0.1) is 5.82 Å². The standard InChI is InChI=1S/C14H12FNO3/c1-2-11-6-9(14(17)18)7-13(16-11)19-12-5-3-4-10(15)8-12/h3-8H,2H2,1H3,(H,17,18). The summed E-state index contributed by atoms with van der Waals surface area (Å²) >= 11 is 0. The number of hydrogen-bond donors (Lipinski definition) is 1. The van der Waals surface area contributed by atoms with Crippen LogP contribution in [0.3, 0.4) is 0 Å². The highest BCUT2D eigenvalue weighted by atomic mass is 19.1. The number of ether oxygens (including phenoxy) is 1. The van der Waals surface area contributed by atoms with Crippen LogP contribution < -0.4 is 4.74 Å². The van der Waals surface area contributed by atoms with E-state index in [4.69, 9.17) is 9.84 Å². The highest BCUT2D eigenvalue weighted by molar-refractivity contribution is 5.88. The molecule has 98 valence electrons. The molecule has 2 aromatic rings. The van der Waals surface area contributed by atoms with Gasteiger partial charge in [0.05, 0.1) is 5.56 Å². The monoisotopic (exact) mass is 261 g/mol. The van der Waals surface area contributed by atoms with Gasteiger partial charge in [-0.3, -0.25) is 0 Å². The number of pyridine rings is 1. The number of aryl methyl sites for hydroxylation is 1. The molecule has 0 fully saturated rings. The highest BCUT2D eigenvalue weighted by Crippen LogP contribution is 2.22. The van der Waals surface area contributed by atoms with Gasteiger partial charge in [-0.2, -0.15) is 0 Å². The maximum atomic E-state index is 13.0. The molecule has 0 unspecified atom stereocenters. The number of hydrogen-bond acceptors (Lipinski definition) is 3. The lowest BCUT2D eigenvalue weighted by atomic mass is 10.2. The third-order valence-electron chi connectivity index (χ3n) is 2.48. The molecule has 1 aromatic carbocycles. The lowest BCUT2D eigenvalue weighted by molar-refractivity contribution is 0.0696. The summed E-state index contributed by atoms with van der Waals surface area (Å²) < 4.78 is 18.4. The topological polar surface area (TPSA) is 59.4 Å². The Bertz CT molecular complexity index is 613. The molecule has 0 atom stereocenters. The molecule has 0 aliphatic heterocycles. The molecule has 1 aromatic heterocycles. The third kappa shape index (κ3) is 3.28. The summed E-state index contributed by atoms with van der Waals surface area (Å²) in [5.41, 5.74) is 0.699. The molecular formula is C14H12FNO3. The second-order valence-corrected chi connectivity index (χ2v) is 3.90. The summed E-state index contributed by atoms with van der Waals surface area (Å²) in [5.74, 6) is -1.07. The van der Waals surface area contributed by atoms with Crippen LogP contribution >= 0.6 is 0 Å². The molecular weight excluding hydrogens is 249 g/mol. The second-order valence-electron chi connectivity index (χ2n) is 3.90. The predicted molar refractivity (Wildman–Crippen MR) is 67.0 cm³/mol. The van der Waals surface area contributed by atoms with Gasteiger partial charge in [-0.05, 0) is 24.6 Å². The maximum Gasteiger partial charge on any atom is 0.335 e. The number of nitrogens with zero attached hydrogens (tertiary/aromatic N) is 1. The first-order chi connectivity index (χ1) is 9.08. The van der Waals surface area contributed by atoms with Crippen molar-refractivity contribution in [3.63, 3.8) is 0 Å². The summed E-state index contributed by atoms with van der Waals surface area (Å²) in [6.45, 7) is 1.86. The van der Waals surface area contributed by atoms with E-state index in [1.807, 2.05) is 6.92 Å². The fourth-order valence-corrected chi connectivity index (χ4v) is 1.57. The van der Waals surface area contributed by atoms with Gasteiger partial charge in [0.15, 0.2) is 0 Å². The summed E-state index contributed by atoms with van der Waals surface area (Å²) in [5, 5.41) is 9.00. The number of carboxylic acid groups (broad SMARTS) is 1. The van der Waals surface area contributed by atoms with E-state index in [-0.39, 0.29) is 17.2 Å². The molecule has 0 aliphatic carbocycles. The Morgan fingerprint density at radius 1 is 1.37 bits per heavy atom. The number of rotatable bonds is 4. The number of aromatic nitrogens is 1. The molecule has 1 N–H and O–H groups in total. The lowest BCUT2D eigenvalue weighted by Crippen LogP contribution is -2.01. The third-order valence-corrected chi connectivity index (χ3v) is 2.48. The van der Waals surface area contributed by atoms with Crippen LogP contribution in [0.25, 0.3) is 0 Å². The van der Waals surface area contributed by atoms with Crippen molar-refractivity contribution in [2.45, 2.75) is 13.3 Å². The molecule has 0 saturated heterocycles. The van der Waals surface area contributed by atoms with E-state index >= 15 is 0 Å². The van der Waals surface area contributed by atoms with Crippen molar-refractivity contribution >= 4 is 5.97 Å². The largest absolute Gasteiger partial charge is 0.478 e. The average Bonchev–Trinajstić information content (AvgIpc) is 2.38. The summed E-state index contributed by atoms with van der Waals surface area (Å²) in [6, 6.07) is 8.38. The van der Waals surface area contributed by atoms with Gasteiger partial charge >= 0.3 is 5.97 Å². The molecule has 0 amide bonds. The fraction of sp³-hybridized carbons (Fsp3) is 0.143. The quantitative estimate of drug-likeness (QED) is 0.917. The molecule has 0 saturated carbocycles. The fourth-order valence-electron chi connectivity index (χ4n) is 1.57. The molecule has 0 radical (unpaired) electrons. The predicted octanol–water partition coefficient (Wildman–Crippen LogP) is 3.27. The van der Waals surface area contributed by atoms with E-state index in [2.05, 4.69) is 4.98 Å². The molecule has 5 heteroatoms. The van der Waals surface area contributed by atoms with E-state index < -0.39 is 11.8 Å². The van der Waals surface area contributed by atoms with Crippen LogP contribution in [0.4, 0.5) is 4.39 Å². The second kappa shape index (κ2) is 5.48. The van der Waals surface area contributed by atoms with Crippen LogP contribution in [-0.2, 0) is 6.42 Å². The SMILES string of the molecule is CCc1cc(C(=O)O)cc(Oc2cccc(F)c2)n1. The Hall–Kier alpha value is -2.43. The Morgan fingerprint density at radius 3 is 2.79 bits per heavy atom. The zero-order chi connectivity index (χ0) is 13.8. The minimum Gasteiger partial charge on any atom is -0.478 e. The van der Waals surface area contributed by atoms with E-state index in [1.54, 1.807) is 6.07 Å². The zero-order valence-corrected chi connectivity index (χ0v) is 10.3. The normalized spacial score (nSPS) is 10.2. The highest BCUT2D eigenvalue weighted by Gasteiger charge is 2.09. The van der Waals surface area contributed by atoms with Crippen molar-refractivity contribution in [3.05, 3.63) is 53.5 Å². The van der Waals surface area contributed by atoms with Gasteiger partial charge in [-0.1, -0.05) is 13.0 Å². The summed E-state index contributed by atoms with van der Waals surface area (Å²) in [4.78, 5) is 15.1. The van der Waals surface area contributed by atoms with Gasteiger partial charge in [0.2, 0.25) is 5.88 Å². The zero-order valence-electron chi connectivity index (χ0n) is 10.3. The van der Waals surface area contributed by atoms with Crippen LogP contribution in [0.1, 0.15) is 23.0 Å². The minimum absolute atomic E-state index is 0.0956. The number of benzene rings is 1. The van der Waals surface area contributed by atoms with Gasteiger partial charge in [0.1, 0.15) is 11.6 Å². The first kappa shape index (κ1) is 13.0. The van der Waals surface area contributed by atoms with Crippen molar-refractivity contribution in [1.29, 1.82) is 0 Å². The van der Waals surface area contributed by atoms with Gasteiger partial charge in [-0.15, -0.1) is 0 Å². The molecule has 19 heavy (non-hydrogen) atoms. The number of halogens is 1. The van der Waals surface area contributed by atoms with Crippen molar-refractivity contribution in [1.82, 2.24) is 4.98 Å². The Labute approximate surface area is 109 Å². The van der Waals surface area contributed by atoms with Crippen LogP contribution in [-0.4, -0.2) is 16.1 Å². The van der Waals surface area contributed by atoms with Crippen molar-refractivity contribution in [3.8, 4) is 11.6 Å². The van der Waals surface area contributed by atoms with Gasteiger partial charge in [0.25, 0.3) is 0 Å². The van der Waals surface area contributed by atoms with Gasteiger partial charge in [0, 0.05) is 17.8 Å². The first-order valence-electron chi connectivity index (χ1n) is 5.76. The minimum atomic E-state index is -1.05. The molecule has 0 aliphatic rings. The molecule has 1 heterocycles. The smallest absolute Gasteiger partial charge is 0.335 e. The lowest BCUT2D eigenvalue weighted by Gasteiger charge is -2.07. The Morgan fingerprint density at radius 2 is 2.16 bits per heavy atom. The number of carbonyl (C=O) groups is 1. The number of carboxylic acids is 1. The van der Waals surface area contributed by atoms with Crippen molar-refractivity contribution in [2.24, 2.45) is 0 Å². The van der Waals surface area contributed by atoms with Crippen molar-refractivity contribution in [2.75, 3.05) is 0 Å². The number of aromatic carboxylic acids is 1. The molecule has 0 spiro atoms. The average molecular weight is 261 g/mol. The van der Waals surface area contributed by atoms with Gasteiger partial charge < -0.3 is 9.84 Å². The van der Waals surface area contributed by atoms with Crippen LogP contribution in [0.15, 0.2) is 36.4 Å².